The molecular weight excluding hydrogens is 671 g/mol. The van der Waals surface area contributed by atoms with Crippen LogP contribution in [0.5, 0.6) is 0 Å². The standard InChI is InChI=1S/C51H33N3O/c1-3-12-34(13-4-1)38-16-9-17-39(28-38)41-29-42(44-20-10-21-46-45-19-7-8-22-49(45)55-50(44)46)31-43(30-41)48-32-47(53-51(54-48)37-14-5-2-6-15-37)36-25-23-35(24-26-36)40-18-11-27-52-33-40/h1-33H. The normalized spacial score (nSPS) is 11.3. The fourth-order valence-electron chi connectivity index (χ4n) is 7.41. The predicted octanol–water partition coefficient (Wildman–Crippen LogP) is 13.4. The summed E-state index contributed by atoms with van der Waals surface area (Å²) in [6.07, 6.45) is 3.68. The Morgan fingerprint density at radius 2 is 0.909 bits per heavy atom. The Morgan fingerprint density at radius 1 is 0.345 bits per heavy atom. The average Bonchev–Trinajstić information content (AvgIpc) is 3.66. The van der Waals surface area contributed by atoms with Crippen molar-refractivity contribution in [3.8, 4) is 78.4 Å². The molecule has 0 aliphatic heterocycles. The summed E-state index contributed by atoms with van der Waals surface area (Å²) >= 11 is 0. The van der Waals surface area contributed by atoms with Crippen LogP contribution in [-0.2, 0) is 0 Å². The van der Waals surface area contributed by atoms with Crippen molar-refractivity contribution in [1.82, 2.24) is 15.0 Å². The average molecular weight is 704 g/mol. The van der Waals surface area contributed by atoms with Crippen molar-refractivity contribution in [1.29, 1.82) is 0 Å². The molecule has 0 unspecified atom stereocenters. The minimum atomic E-state index is 0.668. The molecule has 0 atom stereocenters. The number of benzene rings is 7. The number of para-hydroxylation sites is 2. The van der Waals surface area contributed by atoms with Crippen LogP contribution in [0.25, 0.3) is 100 Å². The van der Waals surface area contributed by atoms with Crippen molar-refractivity contribution >= 4 is 21.9 Å². The van der Waals surface area contributed by atoms with E-state index in [1.54, 1.807) is 6.20 Å². The lowest BCUT2D eigenvalue weighted by Crippen LogP contribution is -1.96. The smallest absolute Gasteiger partial charge is 0.160 e. The first-order valence-electron chi connectivity index (χ1n) is 18.4. The highest BCUT2D eigenvalue weighted by Crippen LogP contribution is 2.40. The summed E-state index contributed by atoms with van der Waals surface area (Å²) in [5.41, 5.74) is 15.2. The molecule has 3 aromatic heterocycles. The van der Waals surface area contributed by atoms with E-state index in [4.69, 9.17) is 14.4 Å². The van der Waals surface area contributed by atoms with Crippen LogP contribution in [-0.4, -0.2) is 15.0 Å². The number of furan rings is 1. The van der Waals surface area contributed by atoms with Gasteiger partial charge in [0.25, 0.3) is 0 Å². The van der Waals surface area contributed by atoms with Gasteiger partial charge in [-0.2, -0.15) is 0 Å². The van der Waals surface area contributed by atoms with Gasteiger partial charge in [0.1, 0.15) is 11.2 Å². The molecule has 10 aromatic rings. The highest BCUT2D eigenvalue weighted by molar-refractivity contribution is 6.09. The second kappa shape index (κ2) is 13.8. The van der Waals surface area contributed by atoms with Crippen LogP contribution in [0.2, 0.25) is 0 Å². The van der Waals surface area contributed by atoms with Crippen molar-refractivity contribution in [3.05, 3.63) is 200 Å². The van der Waals surface area contributed by atoms with Crippen molar-refractivity contribution in [2.75, 3.05) is 0 Å². The van der Waals surface area contributed by atoms with E-state index in [1.807, 2.05) is 42.6 Å². The number of hydrogen-bond donors (Lipinski definition) is 0. The first kappa shape index (κ1) is 32.2. The maximum Gasteiger partial charge on any atom is 0.160 e. The minimum absolute atomic E-state index is 0.668. The van der Waals surface area contributed by atoms with E-state index in [0.29, 0.717) is 5.82 Å². The molecule has 4 heteroatoms. The van der Waals surface area contributed by atoms with E-state index in [1.165, 1.54) is 5.56 Å². The number of rotatable bonds is 7. The Hall–Kier alpha value is -7.43. The van der Waals surface area contributed by atoms with Crippen molar-refractivity contribution in [3.63, 3.8) is 0 Å². The molecule has 0 radical (unpaired) electrons. The first-order chi connectivity index (χ1) is 27.2. The van der Waals surface area contributed by atoms with E-state index >= 15 is 0 Å². The third-order valence-electron chi connectivity index (χ3n) is 10.2. The molecule has 4 nitrogen and oxygen atoms in total. The van der Waals surface area contributed by atoms with Gasteiger partial charge in [-0.3, -0.25) is 4.98 Å². The lowest BCUT2D eigenvalue weighted by atomic mass is 9.92. The molecule has 258 valence electrons. The topological polar surface area (TPSA) is 51.8 Å². The van der Waals surface area contributed by atoms with Gasteiger partial charge in [-0.1, -0.05) is 146 Å². The third kappa shape index (κ3) is 6.26. The summed E-state index contributed by atoms with van der Waals surface area (Å²) in [6.45, 7) is 0. The van der Waals surface area contributed by atoms with Crippen molar-refractivity contribution < 1.29 is 4.42 Å². The van der Waals surface area contributed by atoms with Gasteiger partial charge in [0, 0.05) is 45.4 Å². The molecular formula is C51H33N3O. The quantitative estimate of drug-likeness (QED) is 0.166. The summed E-state index contributed by atoms with van der Waals surface area (Å²) in [4.78, 5) is 14.7. The number of hydrogen-bond acceptors (Lipinski definition) is 4. The third-order valence-corrected chi connectivity index (χ3v) is 10.2. The first-order valence-corrected chi connectivity index (χ1v) is 18.4. The maximum atomic E-state index is 6.57. The van der Waals surface area contributed by atoms with Crippen LogP contribution in [0.1, 0.15) is 0 Å². The zero-order valence-electron chi connectivity index (χ0n) is 29.8. The molecule has 0 saturated heterocycles. The van der Waals surface area contributed by atoms with Crippen LogP contribution >= 0.6 is 0 Å². The minimum Gasteiger partial charge on any atom is -0.455 e. The predicted molar refractivity (Wildman–Crippen MR) is 225 cm³/mol. The van der Waals surface area contributed by atoms with Gasteiger partial charge in [0.15, 0.2) is 5.82 Å². The zero-order chi connectivity index (χ0) is 36.6. The highest BCUT2D eigenvalue weighted by Gasteiger charge is 2.17. The van der Waals surface area contributed by atoms with E-state index < -0.39 is 0 Å². The lowest BCUT2D eigenvalue weighted by Gasteiger charge is -2.14. The second-order valence-corrected chi connectivity index (χ2v) is 13.7. The molecule has 0 saturated carbocycles. The Kier molecular flexibility index (Phi) is 8.12. The van der Waals surface area contributed by atoms with Gasteiger partial charge in [0.2, 0.25) is 0 Å². The van der Waals surface area contributed by atoms with E-state index in [0.717, 1.165) is 89.0 Å². The van der Waals surface area contributed by atoms with Crippen LogP contribution in [0.4, 0.5) is 0 Å². The Bertz CT molecular complexity index is 2950. The van der Waals surface area contributed by atoms with E-state index in [2.05, 4.69) is 157 Å². The van der Waals surface area contributed by atoms with Gasteiger partial charge >= 0.3 is 0 Å². The number of pyridine rings is 1. The monoisotopic (exact) mass is 703 g/mol. The number of nitrogens with zero attached hydrogens (tertiary/aromatic N) is 3. The summed E-state index contributed by atoms with van der Waals surface area (Å²) in [7, 11) is 0. The molecule has 0 spiro atoms. The summed E-state index contributed by atoms with van der Waals surface area (Å²) in [6, 6.07) is 65.5. The van der Waals surface area contributed by atoms with Crippen LogP contribution in [0.3, 0.4) is 0 Å². The van der Waals surface area contributed by atoms with Crippen LogP contribution in [0.15, 0.2) is 205 Å². The molecule has 55 heavy (non-hydrogen) atoms. The Labute approximate surface area is 319 Å². The Morgan fingerprint density at radius 3 is 1.69 bits per heavy atom. The largest absolute Gasteiger partial charge is 0.455 e. The molecule has 0 N–H and O–H groups in total. The van der Waals surface area contributed by atoms with Crippen LogP contribution < -0.4 is 0 Å². The number of fused-ring (bicyclic) bond motifs is 3. The summed E-state index contributed by atoms with van der Waals surface area (Å²) < 4.78 is 6.57. The fraction of sp³-hybridized carbons (Fsp3) is 0. The van der Waals surface area contributed by atoms with E-state index in [-0.39, 0.29) is 0 Å². The highest BCUT2D eigenvalue weighted by atomic mass is 16.3. The van der Waals surface area contributed by atoms with Gasteiger partial charge in [-0.05, 0) is 81.4 Å². The molecule has 7 aromatic carbocycles. The van der Waals surface area contributed by atoms with Crippen molar-refractivity contribution in [2.24, 2.45) is 0 Å². The molecule has 3 heterocycles. The molecule has 0 aliphatic carbocycles. The molecule has 0 aliphatic rings. The molecule has 10 rings (SSSR count). The summed E-state index contributed by atoms with van der Waals surface area (Å²) in [5, 5.41) is 2.20. The van der Waals surface area contributed by atoms with Gasteiger partial charge in [-0.25, -0.2) is 9.97 Å². The van der Waals surface area contributed by atoms with Crippen molar-refractivity contribution in [2.45, 2.75) is 0 Å². The van der Waals surface area contributed by atoms with Gasteiger partial charge in [0.05, 0.1) is 11.4 Å². The van der Waals surface area contributed by atoms with Gasteiger partial charge < -0.3 is 4.42 Å². The maximum absolute atomic E-state index is 6.57. The fourth-order valence-corrected chi connectivity index (χ4v) is 7.41. The lowest BCUT2D eigenvalue weighted by molar-refractivity contribution is 0.670. The molecule has 0 fully saturated rings. The van der Waals surface area contributed by atoms with Gasteiger partial charge in [-0.15, -0.1) is 0 Å². The second-order valence-electron chi connectivity index (χ2n) is 13.7. The van der Waals surface area contributed by atoms with E-state index in [9.17, 15) is 0 Å². The summed E-state index contributed by atoms with van der Waals surface area (Å²) in [5.74, 6) is 0.668. The van der Waals surface area contributed by atoms with Crippen LogP contribution in [0, 0.1) is 0 Å². The Balaban J connectivity index is 1.18. The molecule has 0 amide bonds. The SMILES string of the molecule is c1ccc(-c2cccc(-c3cc(-c4cc(-c5ccc(-c6cccnc6)cc5)nc(-c5ccccc5)n4)cc(-c4cccc5c4oc4ccccc45)c3)c2)cc1. The molecule has 0 bridgehead atoms. The zero-order valence-corrected chi connectivity index (χ0v) is 29.8. The number of aromatic nitrogens is 3.